The van der Waals surface area contributed by atoms with Gasteiger partial charge in [0.1, 0.15) is 5.76 Å². The summed E-state index contributed by atoms with van der Waals surface area (Å²) in [4.78, 5) is 6.81. The Balaban J connectivity index is 1.62. The Bertz CT molecular complexity index is 532. The molecule has 1 N–H and O–H groups in total. The van der Waals surface area contributed by atoms with Gasteiger partial charge in [0.2, 0.25) is 5.89 Å². The van der Waals surface area contributed by atoms with E-state index in [4.69, 9.17) is 4.42 Å². The van der Waals surface area contributed by atoms with Gasteiger partial charge in [0.05, 0.1) is 12.7 Å². The van der Waals surface area contributed by atoms with E-state index in [1.165, 1.54) is 18.5 Å². The molecule has 20 heavy (non-hydrogen) atoms. The van der Waals surface area contributed by atoms with Gasteiger partial charge in [-0.15, -0.1) is 0 Å². The summed E-state index contributed by atoms with van der Waals surface area (Å²) in [7, 11) is 0. The second-order valence-corrected chi connectivity index (χ2v) is 5.90. The molecule has 0 bridgehead atoms. The summed E-state index contributed by atoms with van der Waals surface area (Å²) in [6, 6.07) is 2.08. The van der Waals surface area contributed by atoms with Gasteiger partial charge in [0.25, 0.3) is 0 Å². The molecule has 1 fully saturated rings. The zero-order chi connectivity index (χ0) is 13.9. The number of oxazole rings is 1. The Hall–Kier alpha value is -1.62. The molecular weight excluding hydrogens is 252 g/mol. The Kier molecular flexibility index (Phi) is 3.87. The van der Waals surface area contributed by atoms with Gasteiger partial charge < -0.3 is 4.42 Å². The first-order chi connectivity index (χ1) is 9.72. The van der Waals surface area contributed by atoms with Crippen LogP contribution < -0.4 is 0 Å². The van der Waals surface area contributed by atoms with Crippen LogP contribution >= 0.6 is 0 Å². The Labute approximate surface area is 119 Å². The second kappa shape index (κ2) is 5.79. The maximum atomic E-state index is 5.80. The van der Waals surface area contributed by atoms with Gasteiger partial charge in [0, 0.05) is 30.3 Å². The molecule has 3 heterocycles. The van der Waals surface area contributed by atoms with Crippen LogP contribution in [-0.2, 0) is 6.54 Å². The molecule has 0 unspecified atom stereocenters. The number of rotatable bonds is 4. The molecule has 2 aromatic heterocycles. The fourth-order valence-electron chi connectivity index (χ4n) is 2.80. The lowest BCUT2D eigenvalue weighted by Crippen LogP contribution is -2.34. The fourth-order valence-corrected chi connectivity index (χ4v) is 2.80. The predicted octanol–water partition coefficient (Wildman–Crippen LogP) is 2.90. The number of hydrogen-bond acceptors (Lipinski definition) is 4. The molecular formula is C15H22N4O. The van der Waals surface area contributed by atoms with Crippen LogP contribution in [0.1, 0.15) is 55.9 Å². The quantitative estimate of drug-likeness (QED) is 0.931. The van der Waals surface area contributed by atoms with Gasteiger partial charge in [-0.05, 0) is 25.5 Å². The highest BCUT2D eigenvalue weighted by Gasteiger charge is 2.23. The smallest absolute Gasteiger partial charge is 0.208 e. The standard InChI is InChI=1S/C15H22N4O/c1-11(2)14-8-16-15(20-14)10-19-7-3-4-12(9-19)13-5-6-17-18-13/h5-6,8,11-12H,3-4,7,9-10H2,1-2H3,(H,17,18)/t12-/m1/s1. The van der Waals surface area contributed by atoms with Gasteiger partial charge in [-0.2, -0.15) is 5.10 Å². The monoisotopic (exact) mass is 274 g/mol. The van der Waals surface area contributed by atoms with E-state index in [-0.39, 0.29) is 0 Å². The van der Waals surface area contributed by atoms with E-state index in [9.17, 15) is 0 Å². The third-order valence-electron chi connectivity index (χ3n) is 3.97. The zero-order valence-corrected chi connectivity index (χ0v) is 12.2. The number of H-pyrrole nitrogens is 1. The van der Waals surface area contributed by atoms with Crippen LogP contribution in [0.4, 0.5) is 0 Å². The largest absolute Gasteiger partial charge is 0.444 e. The van der Waals surface area contributed by atoms with Crippen LogP contribution in [0, 0.1) is 0 Å². The van der Waals surface area contributed by atoms with E-state index in [0.29, 0.717) is 11.8 Å². The van der Waals surface area contributed by atoms with Crippen molar-refractivity contribution in [3.63, 3.8) is 0 Å². The highest BCUT2D eigenvalue weighted by atomic mass is 16.4. The molecule has 1 aliphatic rings. The van der Waals surface area contributed by atoms with E-state index < -0.39 is 0 Å². The Morgan fingerprint density at radius 2 is 2.40 bits per heavy atom. The van der Waals surface area contributed by atoms with Crippen molar-refractivity contribution in [3.8, 4) is 0 Å². The second-order valence-electron chi connectivity index (χ2n) is 5.90. The molecule has 0 saturated carbocycles. The first kappa shape index (κ1) is 13.4. The molecule has 2 aromatic rings. The minimum atomic E-state index is 0.398. The lowest BCUT2D eigenvalue weighted by molar-refractivity contribution is 0.180. The Morgan fingerprint density at radius 1 is 1.50 bits per heavy atom. The van der Waals surface area contributed by atoms with Gasteiger partial charge in [-0.25, -0.2) is 4.98 Å². The van der Waals surface area contributed by atoms with Gasteiger partial charge in [-0.1, -0.05) is 13.8 Å². The maximum Gasteiger partial charge on any atom is 0.208 e. The van der Waals surface area contributed by atoms with E-state index >= 15 is 0 Å². The molecule has 0 spiro atoms. The van der Waals surface area contributed by atoms with Crippen molar-refractivity contribution in [1.82, 2.24) is 20.1 Å². The van der Waals surface area contributed by atoms with Gasteiger partial charge >= 0.3 is 0 Å². The van der Waals surface area contributed by atoms with E-state index in [1.54, 1.807) is 0 Å². The van der Waals surface area contributed by atoms with E-state index in [0.717, 1.165) is 31.3 Å². The molecule has 1 aliphatic heterocycles. The SMILES string of the molecule is CC(C)c1cnc(CN2CCC[C@@H](c3ccn[nH]3)C2)o1. The zero-order valence-electron chi connectivity index (χ0n) is 12.2. The molecule has 1 saturated heterocycles. The number of aromatic amines is 1. The molecule has 0 aliphatic carbocycles. The molecule has 5 heteroatoms. The van der Waals surface area contributed by atoms with Crippen molar-refractivity contribution in [2.75, 3.05) is 13.1 Å². The highest BCUT2D eigenvalue weighted by Crippen LogP contribution is 2.26. The fraction of sp³-hybridized carbons (Fsp3) is 0.600. The van der Waals surface area contributed by atoms with E-state index in [1.807, 2.05) is 12.4 Å². The van der Waals surface area contributed by atoms with Crippen LogP contribution in [-0.4, -0.2) is 33.2 Å². The number of hydrogen-bond donors (Lipinski definition) is 1. The lowest BCUT2D eigenvalue weighted by atomic mass is 9.95. The maximum absolute atomic E-state index is 5.80. The molecule has 1 atom stereocenters. The van der Waals surface area contributed by atoms with Crippen molar-refractivity contribution < 1.29 is 4.42 Å². The predicted molar refractivity (Wildman–Crippen MR) is 76.4 cm³/mol. The van der Waals surface area contributed by atoms with Crippen molar-refractivity contribution in [1.29, 1.82) is 0 Å². The number of likely N-dealkylation sites (tertiary alicyclic amines) is 1. The summed E-state index contributed by atoms with van der Waals surface area (Å²) < 4.78 is 5.80. The molecule has 5 nitrogen and oxygen atoms in total. The average molecular weight is 274 g/mol. The summed E-state index contributed by atoms with van der Waals surface area (Å²) >= 11 is 0. The topological polar surface area (TPSA) is 58.0 Å². The summed E-state index contributed by atoms with van der Waals surface area (Å²) in [5.74, 6) is 2.75. The van der Waals surface area contributed by atoms with Gasteiger partial charge in [-0.3, -0.25) is 10.00 Å². The highest BCUT2D eigenvalue weighted by molar-refractivity contribution is 5.07. The van der Waals surface area contributed by atoms with E-state index in [2.05, 4.69) is 40.0 Å². The summed E-state index contributed by atoms with van der Waals surface area (Å²) in [6.45, 7) is 7.21. The molecule has 0 radical (unpaired) electrons. The summed E-state index contributed by atoms with van der Waals surface area (Å²) in [5.41, 5.74) is 1.24. The van der Waals surface area contributed by atoms with Crippen molar-refractivity contribution >= 4 is 0 Å². The molecule has 3 rings (SSSR count). The summed E-state index contributed by atoms with van der Waals surface area (Å²) in [6.07, 6.45) is 6.12. The van der Waals surface area contributed by atoms with Crippen LogP contribution in [0.25, 0.3) is 0 Å². The normalized spacial score (nSPS) is 20.6. The van der Waals surface area contributed by atoms with Crippen molar-refractivity contribution in [2.24, 2.45) is 0 Å². The minimum absolute atomic E-state index is 0.398. The number of piperidine rings is 1. The van der Waals surface area contributed by atoms with Crippen molar-refractivity contribution in [3.05, 3.63) is 35.8 Å². The first-order valence-corrected chi connectivity index (χ1v) is 7.38. The van der Waals surface area contributed by atoms with Crippen LogP contribution in [0.3, 0.4) is 0 Å². The number of nitrogens with zero attached hydrogens (tertiary/aromatic N) is 3. The minimum Gasteiger partial charge on any atom is -0.444 e. The molecule has 0 amide bonds. The van der Waals surface area contributed by atoms with Crippen LogP contribution in [0.15, 0.2) is 22.9 Å². The van der Waals surface area contributed by atoms with Gasteiger partial charge in [0.15, 0.2) is 0 Å². The first-order valence-electron chi connectivity index (χ1n) is 7.38. The number of nitrogens with one attached hydrogen (secondary N) is 1. The third-order valence-corrected chi connectivity index (χ3v) is 3.97. The van der Waals surface area contributed by atoms with Crippen molar-refractivity contribution in [2.45, 2.75) is 45.1 Å². The summed E-state index contributed by atoms with van der Waals surface area (Å²) in [5, 5.41) is 7.15. The Morgan fingerprint density at radius 3 is 3.10 bits per heavy atom. The third kappa shape index (κ3) is 2.93. The van der Waals surface area contributed by atoms with Crippen LogP contribution in [0.5, 0.6) is 0 Å². The average Bonchev–Trinajstić information content (AvgIpc) is 3.10. The van der Waals surface area contributed by atoms with Crippen LogP contribution in [0.2, 0.25) is 0 Å². The molecule has 108 valence electrons. The number of aromatic nitrogens is 3. The molecule has 0 aromatic carbocycles. The lowest BCUT2D eigenvalue weighted by Gasteiger charge is -2.31.